The Bertz CT molecular complexity index is 1600. The Morgan fingerprint density at radius 1 is 0.250 bits per heavy atom. The van der Waals surface area contributed by atoms with Crippen molar-refractivity contribution < 1.29 is 208 Å². The maximum Gasteiger partial charge on any atom is 3.00 e. The molecule has 0 atom stereocenters. The molecule has 0 bridgehead atoms. The van der Waals surface area contributed by atoms with E-state index in [9.17, 15) is 77.8 Å². The molecule has 0 saturated heterocycles. The van der Waals surface area contributed by atoms with Crippen LogP contribution < -0.4 is 0 Å². The average molecular weight is 1250 g/mol. The first-order valence-electron chi connectivity index (χ1n) is 13.0. The molecule has 0 aromatic heterocycles. The smallest absolute Gasteiger partial charge is 0.748 e. The zero-order valence-electron chi connectivity index (χ0n) is 36.8. The van der Waals surface area contributed by atoms with Gasteiger partial charge in [0.05, 0.1) is 95.2 Å². The average Bonchev–Trinajstić information content (AvgIpc) is 2.98. The fourth-order valence-corrected chi connectivity index (χ4v) is 6.85. The van der Waals surface area contributed by atoms with E-state index < -0.39 is 95.2 Å². The predicted octanol–water partition coefficient (Wildman–Crippen LogP) is -15.8. The fourth-order valence-electron chi connectivity index (χ4n) is 3.40. The molecule has 0 aliphatic rings. The van der Waals surface area contributed by atoms with Crippen molar-refractivity contribution >= 4 is 60.7 Å². The van der Waals surface area contributed by atoms with Gasteiger partial charge in [0.2, 0.25) is 0 Å². The zero-order valence-corrected chi connectivity index (χ0v) is 43.9. The molecule has 2 aromatic carbocycles. The molecule has 2 radical (unpaired) electrons. The van der Waals surface area contributed by atoms with Gasteiger partial charge in [-0.25, -0.2) is 50.5 Å². The van der Waals surface area contributed by atoms with Crippen molar-refractivity contribution in [1.29, 1.82) is 0 Å². The Hall–Kier alpha value is -1.78. The van der Waals surface area contributed by atoms with Gasteiger partial charge in [-0.1, -0.05) is 36.4 Å². The zero-order chi connectivity index (χ0) is 44.9. The van der Waals surface area contributed by atoms with Gasteiger partial charge in [0.25, 0.3) is 0 Å². The quantitative estimate of drug-likeness (QED) is 0.0653. The summed E-state index contributed by atoms with van der Waals surface area (Å²) in [5, 5.41) is 42.0. The largest absolute Gasteiger partial charge is 3.00 e. The molecule has 36 nitrogen and oxygen atoms in total. The summed E-state index contributed by atoms with van der Waals surface area (Å²) in [7, 11) is -22.2. The number of hydrogen-bond donors (Lipinski definition) is 6. The van der Waals surface area contributed by atoms with Crippen LogP contribution in [0.1, 0.15) is 33.4 Å². The fraction of sp³-hybridized carbons (Fsp3) is 0.500. The minimum atomic E-state index is -4.70. The van der Waals surface area contributed by atoms with Crippen molar-refractivity contribution in [3.05, 3.63) is 69.8 Å². The van der Waals surface area contributed by atoms with Crippen LogP contribution in [0.15, 0.2) is 36.4 Å². The Morgan fingerprint density at radius 2 is 0.309 bits per heavy atom. The van der Waals surface area contributed by atoms with E-state index in [-0.39, 0.29) is 133 Å². The summed E-state index contributed by atoms with van der Waals surface area (Å²) in [4.78, 5) is 0. The van der Waals surface area contributed by atoms with E-state index >= 15 is 0 Å². The van der Waals surface area contributed by atoms with Gasteiger partial charge in [-0.3, -0.25) is 0 Å². The van der Waals surface area contributed by atoms with Crippen molar-refractivity contribution in [2.75, 3.05) is 42.7 Å². The van der Waals surface area contributed by atoms with Crippen molar-refractivity contribution in [3.63, 3.8) is 0 Å². The summed E-state index contributed by atoms with van der Waals surface area (Å²) >= 11 is 0. The topological polar surface area (TPSA) is 861 Å². The monoisotopic (exact) mass is 1250 g/mol. The second-order valence-electron chi connectivity index (χ2n) is 8.53. The van der Waals surface area contributed by atoms with Crippen molar-refractivity contribution in [3.8, 4) is 0 Å². The van der Waals surface area contributed by atoms with Crippen molar-refractivity contribution in [2.45, 2.75) is 34.5 Å². The van der Waals surface area contributed by atoms with Crippen LogP contribution in [-0.4, -0.2) is 151 Å². The van der Waals surface area contributed by atoms with Crippen LogP contribution in [0.25, 0.3) is 0 Å². The van der Waals surface area contributed by atoms with E-state index in [1.807, 2.05) is 0 Å². The molecule has 430 valence electrons. The standard InChI is InChI=1S/2C9H12O9S3.6CH4O.2Fe.12H2O/c2*10-19(11,12)4-7-1-8(5-20(13,14)15)3-9(2-7)6-21(16,17)18;6*1-2;;;;;;;;;;;;;;/h2*1-3H,4-6H2,(H,10,11,12)(H,13,14,15)(H,16,17,18);6*2H,1H3;;;12*1H2/q;;;;;;;;2*+3;;;;;;;;;;;;/p+6. The number of aliphatic hydroxyl groups excluding tert-OH is 6. The van der Waals surface area contributed by atoms with Gasteiger partial charge in [-0.2, -0.15) is 0 Å². The summed E-state index contributed by atoms with van der Waals surface area (Å²) in [6, 6.07) is 5.87. The van der Waals surface area contributed by atoms with Gasteiger partial charge < -0.3 is 124 Å². The molecule has 0 spiro atoms. The predicted molar refractivity (Wildman–Crippen MR) is 241 cm³/mol. The molecular weight excluding hydrogens is 1170 g/mol. The van der Waals surface area contributed by atoms with Gasteiger partial charge in [0.15, 0.2) is 0 Å². The number of hydrogen-bond acceptors (Lipinski definition) is 24. The Labute approximate surface area is 413 Å². The summed E-state index contributed by atoms with van der Waals surface area (Å²) in [6.45, 7) is 0. The minimum absolute atomic E-state index is 0. The van der Waals surface area contributed by atoms with E-state index in [4.69, 9.17) is 30.6 Å². The van der Waals surface area contributed by atoms with E-state index in [2.05, 4.69) is 0 Å². The van der Waals surface area contributed by atoms with Crippen LogP contribution in [0.2, 0.25) is 0 Å². The molecule has 0 fully saturated rings. The Kier molecular flexibility index (Phi) is 126. The molecule has 0 unspecified atom stereocenters. The number of aliphatic hydroxyl groups is 6. The molecule has 2 aromatic rings. The number of benzene rings is 2. The SMILES string of the molecule is CO.CO.CO.CO.CO.CO.O=S(=O)([O-])Cc1cc(CS(=O)(=O)[O-])cc(CS(=O)(=O)[O-])c1.O=S(=O)([O-])Cc1cc(CS(=O)(=O)[O-])cc(CS(=O)(=O)[O-])c1.[Fe+3].[Fe+3].[OH3+].[OH3+].[OH3+].[OH3+].[OH3+].[OH3+].[OH3+].[OH3+].[OH3+].[OH3+].[OH3+].[OH3+]. The molecule has 0 aliphatic carbocycles. The molecule has 44 heteroatoms. The molecule has 2 rings (SSSR count). The third kappa shape index (κ3) is 94.1. The van der Waals surface area contributed by atoms with E-state index in [0.717, 1.165) is 79.1 Å². The second kappa shape index (κ2) is 65.2. The Balaban J connectivity index is -0.0000000263. The van der Waals surface area contributed by atoms with Crippen molar-refractivity contribution in [1.82, 2.24) is 0 Å². The molecule has 0 aliphatic heterocycles. The first kappa shape index (κ1) is 132. The minimum Gasteiger partial charge on any atom is -0.748 e. The molecule has 0 heterocycles. The van der Waals surface area contributed by atoms with Crippen LogP contribution in [0.4, 0.5) is 0 Å². The normalized spacial score (nSPS) is 8.74. The summed E-state index contributed by atoms with van der Waals surface area (Å²) in [6.07, 6.45) is 0. The summed E-state index contributed by atoms with van der Waals surface area (Å²) in [5.41, 5.74) is -1.22. The first-order valence-corrected chi connectivity index (χ1v) is 22.5. The van der Waals surface area contributed by atoms with Crippen LogP contribution in [-0.2, 0) is 195 Å². The van der Waals surface area contributed by atoms with Crippen LogP contribution in [0.3, 0.4) is 0 Å². The van der Waals surface area contributed by atoms with Gasteiger partial charge in [-0.05, 0) is 33.4 Å². The van der Waals surface area contributed by atoms with Crippen LogP contribution in [0, 0.1) is 0 Å². The summed E-state index contributed by atoms with van der Waals surface area (Å²) in [5.74, 6) is -6.13. The van der Waals surface area contributed by atoms with Crippen molar-refractivity contribution in [2.24, 2.45) is 0 Å². The maximum absolute atomic E-state index is 10.7. The van der Waals surface area contributed by atoms with E-state index in [1.54, 1.807) is 0 Å². The first-order chi connectivity index (χ1) is 24.5. The van der Waals surface area contributed by atoms with Gasteiger partial charge in [0.1, 0.15) is 0 Å². The Morgan fingerprint density at radius 3 is 0.353 bits per heavy atom. The van der Waals surface area contributed by atoms with Gasteiger partial charge in [0, 0.05) is 42.7 Å². The molecule has 0 saturated carbocycles. The van der Waals surface area contributed by atoms with Crippen LogP contribution in [0.5, 0.6) is 0 Å². The summed E-state index contributed by atoms with van der Waals surface area (Å²) < 4.78 is 192. The third-order valence-corrected chi connectivity index (χ3v) is 8.41. The van der Waals surface area contributed by atoms with Gasteiger partial charge >= 0.3 is 34.1 Å². The van der Waals surface area contributed by atoms with E-state index in [0.29, 0.717) is 0 Å². The van der Waals surface area contributed by atoms with Gasteiger partial charge in [-0.15, -0.1) is 0 Å². The molecule has 68 heavy (non-hydrogen) atoms. The van der Waals surface area contributed by atoms with Crippen LogP contribution >= 0.6 is 0 Å². The number of rotatable bonds is 12. The maximum atomic E-state index is 10.7. The second-order valence-corrected chi connectivity index (χ2v) is 17.0. The molecule has 42 N–H and O–H groups in total. The third-order valence-electron chi connectivity index (χ3n) is 4.29. The van der Waals surface area contributed by atoms with E-state index in [1.165, 1.54) is 0 Å². The molecular formula is C24H78Fe2O36S6+12. The molecule has 0 amide bonds.